The Kier molecular flexibility index (Phi) is 7.06. The van der Waals surface area contributed by atoms with Crippen LogP contribution in [-0.4, -0.2) is 41.3 Å². The lowest BCUT2D eigenvalue weighted by molar-refractivity contribution is -0.114. The molecule has 0 saturated carbocycles. The molecule has 0 spiro atoms. The van der Waals surface area contributed by atoms with Crippen LogP contribution in [0.5, 0.6) is 5.75 Å². The quantitative estimate of drug-likeness (QED) is 0.720. The van der Waals surface area contributed by atoms with Gasteiger partial charge in [-0.3, -0.25) is 9.10 Å². The maximum Gasteiger partial charge on any atom is 0.245 e. The number of carbonyl (C=O) groups excluding carboxylic acids is 1. The van der Waals surface area contributed by atoms with Crippen molar-refractivity contribution in [3.63, 3.8) is 0 Å². The van der Waals surface area contributed by atoms with E-state index in [4.69, 9.17) is 21.1 Å². The fourth-order valence-electron chi connectivity index (χ4n) is 2.45. The summed E-state index contributed by atoms with van der Waals surface area (Å²) in [7, 11) is -0.668. The first kappa shape index (κ1) is 21.0. The summed E-state index contributed by atoms with van der Waals surface area (Å²) in [5.41, 5.74) is 1.71. The smallest absolute Gasteiger partial charge is 0.245 e. The molecular formula is C18H21ClN2O5S. The highest BCUT2D eigenvalue weighted by molar-refractivity contribution is 7.92. The number of amides is 1. The molecule has 27 heavy (non-hydrogen) atoms. The summed E-state index contributed by atoms with van der Waals surface area (Å²) in [5.74, 6) is -0.0739. The standard InChI is InChI=1S/C18H21ClN2O5S/c1-25-12-13-5-4-6-14(9-13)20-18(22)11-21(27(3,23)24)15-7-8-17(26-2)16(19)10-15/h4-10H,11-12H2,1-3H3,(H,20,22). The molecule has 2 aromatic rings. The molecule has 0 aliphatic carbocycles. The third kappa shape index (κ3) is 5.85. The number of nitrogens with one attached hydrogen (secondary N) is 1. The number of ether oxygens (including phenoxy) is 2. The lowest BCUT2D eigenvalue weighted by Gasteiger charge is -2.22. The van der Waals surface area contributed by atoms with Gasteiger partial charge in [-0.15, -0.1) is 0 Å². The fourth-order valence-corrected chi connectivity index (χ4v) is 3.55. The second-order valence-electron chi connectivity index (χ2n) is 5.77. The number of hydrogen-bond donors (Lipinski definition) is 1. The van der Waals surface area contributed by atoms with E-state index in [-0.39, 0.29) is 10.7 Å². The first-order chi connectivity index (χ1) is 12.7. The average Bonchev–Trinajstić information content (AvgIpc) is 2.59. The molecule has 0 radical (unpaired) electrons. The molecule has 0 heterocycles. The van der Waals surface area contributed by atoms with Gasteiger partial charge in [0.2, 0.25) is 15.9 Å². The third-order valence-corrected chi connectivity index (χ3v) is 5.07. The van der Waals surface area contributed by atoms with Crippen LogP contribution in [-0.2, 0) is 26.2 Å². The normalized spacial score (nSPS) is 11.1. The van der Waals surface area contributed by atoms with E-state index in [9.17, 15) is 13.2 Å². The molecule has 0 aliphatic rings. The SMILES string of the molecule is COCc1cccc(NC(=O)CN(c2ccc(OC)c(Cl)c2)S(C)(=O)=O)c1. The number of carbonyl (C=O) groups is 1. The van der Waals surface area contributed by atoms with Gasteiger partial charge in [-0.25, -0.2) is 8.42 Å². The first-order valence-electron chi connectivity index (χ1n) is 7.93. The molecule has 146 valence electrons. The number of hydrogen-bond acceptors (Lipinski definition) is 5. The Balaban J connectivity index is 2.20. The van der Waals surface area contributed by atoms with Gasteiger partial charge >= 0.3 is 0 Å². The minimum absolute atomic E-state index is 0.247. The van der Waals surface area contributed by atoms with E-state index in [2.05, 4.69) is 5.32 Å². The van der Waals surface area contributed by atoms with Crippen LogP contribution in [0, 0.1) is 0 Å². The van der Waals surface area contributed by atoms with Crippen LogP contribution in [0.4, 0.5) is 11.4 Å². The molecule has 0 atom stereocenters. The third-order valence-electron chi connectivity index (χ3n) is 3.63. The lowest BCUT2D eigenvalue weighted by Crippen LogP contribution is -2.37. The molecule has 9 heteroatoms. The van der Waals surface area contributed by atoms with Crippen LogP contribution in [0.25, 0.3) is 0 Å². The van der Waals surface area contributed by atoms with Crippen molar-refractivity contribution in [1.29, 1.82) is 0 Å². The van der Waals surface area contributed by atoms with Crippen molar-refractivity contribution >= 4 is 38.9 Å². The fraction of sp³-hybridized carbons (Fsp3) is 0.278. The van der Waals surface area contributed by atoms with Gasteiger partial charge in [0.05, 0.1) is 30.7 Å². The molecule has 0 unspecified atom stereocenters. The second kappa shape index (κ2) is 9.07. The zero-order valence-corrected chi connectivity index (χ0v) is 16.8. The monoisotopic (exact) mass is 412 g/mol. The van der Waals surface area contributed by atoms with Gasteiger partial charge in [-0.1, -0.05) is 23.7 Å². The number of rotatable bonds is 8. The molecular weight excluding hydrogens is 392 g/mol. The average molecular weight is 413 g/mol. The van der Waals surface area contributed by atoms with E-state index < -0.39 is 22.5 Å². The van der Waals surface area contributed by atoms with Crippen molar-refractivity contribution in [3.8, 4) is 5.75 Å². The number of sulfonamides is 1. The first-order valence-corrected chi connectivity index (χ1v) is 10.2. The van der Waals surface area contributed by atoms with Crippen molar-refractivity contribution in [1.82, 2.24) is 0 Å². The Bertz CT molecular complexity index is 918. The van der Waals surface area contributed by atoms with E-state index in [0.29, 0.717) is 18.0 Å². The van der Waals surface area contributed by atoms with Gasteiger partial charge < -0.3 is 14.8 Å². The van der Waals surface area contributed by atoms with Crippen LogP contribution in [0.2, 0.25) is 5.02 Å². The molecule has 1 N–H and O–H groups in total. The summed E-state index contributed by atoms with van der Waals surface area (Å²) in [5, 5.41) is 2.94. The highest BCUT2D eigenvalue weighted by Crippen LogP contribution is 2.30. The molecule has 0 saturated heterocycles. The van der Waals surface area contributed by atoms with E-state index in [1.165, 1.54) is 19.2 Å². The number of benzene rings is 2. The van der Waals surface area contributed by atoms with Gasteiger partial charge in [0, 0.05) is 12.8 Å². The summed E-state index contributed by atoms with van der Waals surface area (Å²) in [4.78, 5) is 12.4. The summed E-state index contributed by atoms with van der Waals surface area (Å²) < 4.78 is 35.5. The van der Waals surface area contributed by atoms with Crippen molar-refractivity contribution in [3.05, 3.63) is 53.1 Å². The van der Waals surface area contributed by atoms with Gasteiger partial charge in [-0.2, -0.15) is 0 Å². The molecule has 0 fully saturated rings. The van der Waals surface area contributed by atoms with Crippen molar-refractivity contribution < 1.29 is 22.7 Å². The Labute approximate surface area is 163 Å². The molecule has 7 nitrogen and oxygen atoms in total. The van der Waals surface area contributed by atoms with Crippen molar-refractivity contribution in [2.24, 2.45) is 0 Å². The molecule has 0 bridgehead atoms. The minimum atomic E-state index is -3.71. The highest BCUT2D eigenvalue weighted by atomic mass is 35.5. The van der Waals surface area contributed by atoms with Gasteiger partial charge in [0.25, 0.3) is 0 Å². The van der Waals surface area contributed by atoms with Crippen LogP contribution in [0.3, 0.4) is 0 Å². The molecule has 0 aromatic heterocycles. The minimum Gasteiger partial charge on any atom is -0.495 e. The lowest BCUT2D eigenvalue weighted by atomic mass is 10.2. The molecule has 0 aliphatic heterocycles. The zero-order chi connectivity index (χ0) is 20.0. The maximum absolute atomic E-state index is 12.4. The summed E-state index contributed by atoms with van der Waals surface area (Å²) in [6.07, 6.45) is 1.03. The summed E-state index contributed by atoms with van der Waals surface area (Å²) >= 11 is 6.08. The highest BCUT2D eigenvalue weighted by Gasteiger charge is 2.22. The molecule has 1 amide bonds. The number of methoxy groups -OCH3 is 2. The maximum atomic E-state index is 12.4. The van der Waals surface area contributed by atoms with E-state index in [1.54, 1.807) is 31.4 Å². The Morgan fingerprint density at radius 3 is 2.52 bits per heavy atom. The van der Waals surface area contributed by atoms with Gasteiger partial charge in [-0.05, 0) is 35.9 Å². The number of nitrogens with zero attached hydrogens (tertiary/aromatic N) is 1. The van der Waals surface area contributed by atoms with Gasteiger partial charge in [0.15, 0.2) is 0 Å². The Hall–Kier alpha value is -2.29. The predicted molar refractivity (Wildman–Crippen MR) is 106 cm³/mol. The zero-order valence-electron chi connectivity index (χ0n) is 15.2. The Morgan fingerprint density at radius 2 is 1.93 bits per heavy atom. The summed E-state index contributed by atoms with van der Waals surface area (Å²) in [6.45, 7) is 0.0134. The van der Waals surface area contributed by atoms with Crippen molar-refractivity contribution in [2.45, 2.75) is 6.61 Å². The van der Waals surface area contributed by atoms with E-state index in [0.717, 1.165) is 16.1 Å². The predicted octanol–water partition coefficient (Wildman–Crippen LogP) is 2.90. The number of halogens is 1. The van der Waals surface area contributed by atoms with Crippen LogP contribution >= 0.6 is 11.6 Å². The van der Waals surface area contributed by atoms with Crippen LogP contribution < -0.4 is 14.4 Å². The van der Waals surface area contributed by atoms with Crippen molar-refractivity contribution in [2.75, 3.05) is 36.6 Å². The van der Waals surface area contributed by atoms with Crippen LogP contribution in [0.15, 0.2) is 42.5 Å². The second-order valence-corrected chi connectivity index (χ2v) is 8.08. The Morgan fingerprint density at radius 1 is 1.19 bits per heavy atom. The van der Waals surface area contributed by atoms with Crippen LogP contribution in [0.1, 0.15) is 5.56 Å². The molecule has 2 aromatic carbocycles. The van der Waals surface area contributed by atoms with Gasteiger partial charge in [0.1, 0.15) is 12.3 Å². The number of anilines is 2. The largest absolute Gasteiger partial charge is 0.495 e. The van der Waals surface area contributed by atoms with E-state index >= 15 is 0 Å². The van der Waals surface area contributed by atoms with E-state index in [1.807, 2.05) is 6.07 Å². The summed E-state index contributed by atoms with van der Waals surface area (Å²) in [6, 6.07) is 11.6. The molecule has 2 rings (SSSR count). The topological polar surface area (TPSA) is 84.9 Å².